The number of para-hydroxylation sites is 1. The lowest BCUT2D eigenvalue weighted by Crippen LogP contribution is -2.41. The predicted octanol–water partition coefficient (Wildman–Crippen LogP) is 2.36. The van der Waals surface area contributed by atoms with Gasteiger partial charge in [0.2, 0.25) is 0 Å². The third-order valence-electron chi connectivity index (χ3n) is 4.70. The van der Waals surface area contributed by atoms with E-state index < -0.39 is 15.7 Å². The van der Waals surface area contributed by atoms with E-state index in [9.17, 15) is 17.6 Å². The molecule has 26 heavy (non-hydrogen) atoms. The zero-order chi connectivity index (χ0) is 18.9. The van der Waals surface area contributed by atoms with Gasteiger partial charge in [0, 0.05) is 12.6 Å². The third-order valence-corrected chi connectivity index (χ3v) is 6.45. The molecule has 0 bridgehead atoms. The molecule has 0 N–H and O–H groups in total. The summed E-state index contributed by atoms with van der Waals surface area (Å²) in [5.74, 6) is -0.572. The first-order valence-corrected chi connectivity index (χ1v) is 10.5. The summed E-state index contributed by atoms with van der Waals surface area (Å²) in [6.07, 6.45) is 2.60. The molecule has 3 rings (SSSR count). The lowest BCUT2D eigenvalue weighted by molar-refractivity contribution is 0.0696. The average Bonchev–Trinajstić information content (AvgIpc) is 3.15. The molecule has 2 heterocycles. The monoisotopic (exact) mass is 379 g/mol. The van der Waals surface area contributed by atoms with Crippen molar-refractivity contribution in [1.29, 1.82) is 0 Å². The molecule has 140 valence electrons. The highest BCUT2D eigenvalue weighted by atomic mass is 32.2. The van der Waals surface area contributed by atoms with Gasteiger partial charge < -0.3 is 4.90 Å². The van der Waals surface area contributed by atoms with E-state index in [1.165, 1.54) is 16.9 Å². The normalized spacial score (nSPS) is 18.8. The van der Waals surface area contributed by atoms with Gasteiger partial charge in [0.25, 0.3) is 5.91 Å². The van der Waals surface area contributed by atoms with Crippen LogP contribution >= 0.6 is 0 Å². The Labute approximate surface area is 152 Å². The van der Waals surface area contributed by atoms with Gasteiger partial charge in [-0.15, -0.1) is 0 Å². The average molecular weight is 379 g/mol. The van der Waals surface area contributed by atoms with E-state index in [2.05, 4.69) is 5.10 Å². The number of amides is 1. The van der Waals surface area contributed by atoms with Gasteiger partial charge in [-0.05, 0) is 31.9 Å². The largest absolute Gasteiger partial charge is 0.335 e. The summed E-state index contributed by atoms with van der Waals surface area (Å²) < 4.78 is 39.1. The summed E-state index contributed by atoms with van der Waals surface area (Å²) in [5, 5.41) is 4.18. The van der Waals surface area contributed by atoms with Crippen LogP contribution in [0.3, 0.4) is 0 Å². The highest BCUT2D eigenvalue weighted by molar-refractivity contribution is 7.91. The van der Waals surface area contributed by atoms with Gasteiger partial charge in [-0.1, -0.05) is 19.1 Å². The van der Waals surface area contributed by atoms with Crippen molar-refractivity contribution in [2.75, 3.05) is 18.1 Å². The number of hydrogen-bond acceptors (Lipinski definition) is 4. The van der Waals surface area contributed by atoms with E-state index in [-0.39, 0.29) is 29.1 Å². The first-order chi connectivity index (χ1) is 12.3. The van der Waals surface area contributed by atoms with Gasteiger partial charge in [-0.2, -0.15) is 5.10 Å². The van der Waals surface area contributed by atoms with Crippen LogP contribution in [-0.4, -0.2) is 53.1 Å². The maximum absolute atomic E-state index is 14.1. The van der Waals surface area contributed by atoms with Crippen molar-refractivity contribution in [3.05, 3.63) is 47.5 Å². The van der Waals surface area contributed by atoms with Crippen molar-refractivity contribution in [1.82, 2.24) is 14.7 Å². The van der Waals surface area contributed by atoms with Crippen LogP contribution < -0.4 is 0 Å². The molecule has 1 aliphatic rings. The van der Waals surface area contributed by atoms with Crippen molar-refractivity contribution < 1.29 is 17.6 Å². The molecule has 0 aliphatic carbocycles. The number of hydrogen-bond donors (Lipinski definition) is 0. The number of carbonyl (C=O) groups excluding carboxylic acids is 1. The van der Waals surface area contributed by atoms with Crippen molar-refractivity contribution >= 4 is 15.7 Å². The summed E-state index contributed by atoms with van der Waals surface area (Å²) in [4.78, 5) is 14.7. The lowest BCUT2D eigenvalue weighted by Gasteiger charge is -2.27. The number of rotatable bonds is 5. The smallest absolute Gasteiger partial charge is 0.257 e. The highest BCUT2D eigenvalue weighted by Crippen LogP contribution is 2.23. The molecule has 1 unspecified atom stereocenters. The standard InChI is InChI=1S/C18H22FN3O3S/c1-3-9-21(14-8-10-26(24,25)12-14)18(23)15-11-20-22(13(15)2)17-7-5-4-6-16(17)19/h4-7,11,14H,3,8-10,12H2,1-2H3. The van der Waals surface area contributed by atoms with E-state index in [4.69, 9.17) is 0 Å². The number of nitrogens with zero attached hydrogens (tertiary/aromatic N) is 3. The van der Waals surface area contributed by atoms with Crippen LogP contribution in [0.1, 0.15) is 35.8 Å². The molecule has 1 fully saturated rings. The van der Waals surface area contributed by atoms with Crippen molar-refractivity contribution in [3.63, 3.8) is 0 Å². The van der Waals surface area contributed by atoms with E-state index in [1.54, 1.807) is 30.0 Å². The van der Waals surface area contributed by atoms with Crippen LogP contribution in [0, 0.1) is 12.7 Å². The minimum atomic E-state index is -3.09. The molecule has 0 radical (unpaired) electrons. The first-order valence-electron chi connectivity index (χ1n) is 8.65. The quantitative estimate of drug-likeness (QED) is 0.799. The van der Waals surface area contributed by atoms with Crippen LogP contribution in [0.25, 0.3) is 5.69 Å². The fourth-order valence-corrected chi connectivity index (χ4v) is 5.08. The number of halogens is 1. The van der Waals surface area contributed by atoms with Gasteiger partial charge in [-0.3, -0.25) is 4.79 Å². The number of benzene rings is 1. The summed E-state index contributed by atoms with van der Waals surface area (Å²) in [7, 11) is -3.09. The molecular formula is C18H22FN3O3S. The Hall–Kier alpha value is -2.22. The molecule has 1 atom stereocenters. The van der Waals surface area contributed by atoms with Crippen LogP contribution in [0.15, 0.2) is 30.5 Å². The molecule has 1 amide bonds. The molecule has 0 saturated carbocycles. The fraction of sp³-hybridized carbons (Fsp3) is 0.444. The Kier molecular flexibility index (Phi) is 5.13. The van der Waals surface area contributed by atoms with Gasteiger partial charge in [0.15, 0.2) is 9.84 Å². The maximum atomic E-state index is 14.1. The van der Waals surface area contributed by atoms with Gasteiger partial charge in [-0.25, -0.2) is 17.5 Å². The van der Waals surface area contributed by atoms with Crippen LogP contribution in [0.5, 0.6) is 0 Å². The zero-order valence-electron chi connectivity index (χ0n) is 14.9. The van der Waals surface area contributed by atoms with Crippen LogP contribution in [0.4, 0.5) is 4.39 Å². The molecule has 8 heteroatoms. The SMILES string of the molecule is CCCN(C(=O)c1cnn(-c2ccccc2F)c1C)C1CCS(=O)(=O)C1. The van der Waals surface area contributed by atoms with Gasteiger partial charge >= 0.3 is 0 Å². The Morgan fingerprint density at radius 2 is 2.12 bits per heavy atom. The minimum absolute atomic E-state index is 0.000756. The predicted molar refractivity (Wildman–Crippen MR) is 96.6 cm³/mol. The van der Waals surface area contributed by atoms with E-state index in [0.29, 0.717) is 24.2 Å². The second-order valence-electron chi connectivity index (χ2n) is 6.56. The Balaban J connectivity index is 1.92. The second-order valence-corrected chi connectivity index (χ2v) is 8.79. The molecule has 0 spiro atoms. The van der Waals surface area contributed by atoms with Crippen LogP contribution in [0.2, 0.25) is 0 Å². The zero-order valence-corrected chi connectivity index (χ0v) is 15.7. The minimum Gasteiger partial charge on any atom is -0.335 e. The molecule has 2 aromatic rings. The molecule has 1 aromatic heterocycles. The second kappa shape index (κ2) is 7.19. The van der Waals surface area contributed by atoms with Gasteiger partial charge in [0.05, 0.1) is 29.0 Å². The molecular weight excluding hydrogens is 357 g/mol. The van der Waals surface area contributed by atoms with E-state index in [0.717, 1.165) is 6.42 Å². The Bertz CT molecular complexity index is 924. The topological polar surface area (TPSA) is 72.3 Å². The molecule has 1 aromatic carbocycles. The van der Waals surface area contributed by atoms with Crippen molar-refractivity contribution in [2.45, 2.75) is 32.7 Å². The van der Waals surface area contributed by atoms with E-state index in [1.807, 2.05) is 6.92 Å². The Morgan fingerprint density at radius 1 is 1.38 bits per heavy atom. The fourth-order valence-electron chi connectivity index (χ4n) is 3.35. The lowest BCUT2D eigenvalue weighted by atomic mass is 10.1. The number of carbonyl (C=O) groups is 1. The molecule has 6 nitrogen and oxygen atoms in total. The first kappa shape index (κ1) is 18.6. The summed E-state index contributed by atoms with van der Waals surface area (Å²) in [6.45, 7) is 4.13. The summed E-state index contributed by atoms with van der Waals surface area (Å²) in [6, 6.07) is 5.91. The van der Waals surface area contributed by atoms with Crippen LogP contribution in [-0.2, 0) is 9.84 Å². The van der Waals surface area contributed by atoms with Crippen molar-refractivity contribution in [2.24, 2.45) is 0 Å². The number of sulfone groups is 1. The molecule has 1 aliphatic heterocycles. The third kappa shape index (κ3) is 3.51. The Morgan fingerprint density at radius 3 is 2.73 bits per heavy atom. The van der Waals surface area contributed by atoms with Crippen molar-refractivity contribution in [3.8, 4) is 5.69 Å². The molecule has 1 saturated heterocycles. The highest BCUT2D eigenvalue weighted by Gasteiger charge is 2.35. The van der Waals surface area contributed by atoms with E-state index >= 15 is 0 Å². The van der Waals surface area contributed by atoms with Gasteiger partial charge in [0.1, 0.15) is 11.5 Å². The number of aromatic nitrogens is 2. The summed E-state index contributed by atoms with van der Waals surface area (Å²) in [5.41, 5.74) is 1.17. The maximum Gasteiger partial charge on any atom is 0.257 e. The summed E-state index contributed by atoms with van der Waals surface area (Å²) >= 11 is 0.